The maximum Gasteiger partial charge on any atom is 0.290 e. The number of rotatable bonds is 5. The van der Waals surface area contributed by atoms with Crippen molar-refractivity contribution in [2.75, 3.05) is 37.6 Å². The molecular weight excluding hydrogens is 368 g/mol. The highest BCUT2D eigenvalue weighted by Gasteiger charge is 2.18. The summed E-state index contributed by atoms with van der Waals surface area (Å²) in [6, 6.07) is 17.7. The van der Waals surface area contributed by atoms with Gasteiger partial charge in [-0.3, -0.25) is 30.4 Å². The summed E-state index contributed by atoms with van der Waals surface area (Å²) < 4.78 is 0. The van der Waals surface area contributed by atoms with Gasteiger partial charge < -0.3 is 4.90 Å². The maximum absolute atomic E-state index is 12.3. The lowest BCUT2D eigenvalue weighted by atomic mass is 10.2. The van der Waals surface area contributed by atoms with Gasteiger partial charge >= 0.3 is 0 Å². The molecule has 0 spiro atoms. The number of fused-ring (bicyclic) bond motifs is 1. The molecule has 3 N–H and O–H groups in total. The Hall–Kier alpha value is -3.39. The summed E-state index contributed by atoms with van der Waals surface area (Å²) in [5.41, 5.74) is 7.20. The van der Waals surface area contributed by atoms with Crippen molar-refractivity contribution >= 4 is 28.4 Å². The first-order chi connectivity index (χ1) is 14.2. The van der Waals surface area contributed by atoms with Crippen molar-refractivity contribution in [3.8, 4) is 0 Å². The maximum atomic E-state index is 12.3. The van der Waals surface area contributed by atoms with Crippen LogP contribution in [0.4, 0.5) is 5.69 Å². The summed E-state index contributed by atoms with van der Waals surface area (Å²) >= 11 is 0. The van der Waals surface area contributed by atoms with E-state index < -0.39 is 5.91 Å². The van der Waals surface area contributed by atoms with Crippen LogP contribution in [-0.4, -0.2) is 59.6 Å². The third kappa shape index (κ3) is 4.55. The van der Waals surface area contributed by atoms with Crippen LogP contribution in [0.1, 0.15) is 16.9 Å². The van der Waals surface area contributed by atoms with Gasteiger partial charge in [-0.25, -0.2) is 0 Å². The van der Waals surface area contributed by atoms with E-state index >= 15 is 0 Å². The highest BCUT2D eigenvalue weighted by molar-refractivity contribution is 6.05. The number of hydrazine groups is 1. The average molecular weight is 392 g/mol. The van der Waals surface area contributed by atoms with Gasteiger partial charge in [0.25, 0.3) is 5.91 Å². The number of benzene rings is 2. The zero-order valence-corrected chi connectivity index (χ0v) is 16.1. The zero-order valence-electron chi connectivity index (χ0n) is 16.1. The van der Waals surface area contributed by atoms with Gasteiger partial charge in [0.1, 0.15) is 0 Å². The molecule has 1 saturated heterocycles. The number of piperazine rings is 1. The van der Waals surface area contributed by atoms with Crippen molar-refractivity contribution < 1.29 is 9.59 Å². The minimum absolute atomic E-state index is 0.219. The van der Waals surface area contributed by atoms with Gasteiger partial charge in [-0.05, 0) is 18.2 Å². The Morgan fingerprint density at radius 3 is 2.45 bits per heavy atom. The fraction of sp³-hybridized carbons (Fsp3) is 0.286. The zero-order chi connectivity index (χ0) is 20.1. The topological polar surface area (TPSA) is 93.4 Å². The summed E-state index contributed by atoms with van der Waals surface area (Å²) in [7, 11) is 0. The summed E-state index contributed by atoms with van der Waals surface area (Å²) in [4.78, 5) is 29.0. The lowest BCUT2D eigenvalue weighted by Gasteiger charge is -2.36. The Kier molecular flexibility index (Phi) is 5.71. The number of aromatic amines is 1. The lowest BCUT2D eigenvalue weighted by Crippen LogP contribution is -2.48. The number of nitrogens with zero attached hydrogens (tertiary/aromatic N) is 3. The Bertz CT molecular complexity index is 979. The standard InChI is InChI=1S/C21H24N6O2/c28-19(23-25-21(29)20-17-8-4-5-9-18(17)22-24-20)10-11-26-12-14-27(15-13-26)16-6-2-1-3-7-16/h1-9H,10-15H2,(H,22,24)(H,23,28)(H,25,29). The number of carbonyl (C=O) groups is 2. The number of anilines is 1. The van der Waals surface area contributed by atoms with E-state index in [9.17, 15) is 9.59 Å². The highest BCUT2D eigenvalue weighted by atomic mass is 16.2. The van der Waals surface area contributed by atoms with Crippen molar-refractivity contribution in [3.63, 3.8) is 0 Å². The van der Waals surface area contributed by atoms with Crippen molar-refractivity contribution in [2.45, 2.75) is 6.42 Å². The van der Waals surface area contributed by atoms with Gasteiger partial charge in [-0.2, -0.15) is 5.10 Å². The molecule has 1 aliphatic heterocycles. The van der Waals surface area contributed by atoms with Crippen LogP contribution in [0.2, 0.25) is 0 Å². The molecule has 0 aliphatic carbocycles. The van der Waals surface area contributed by atoms with E-state index in [2.05, 4.69) is 43.0 Å². The van der Waals surface area contributed by atoms with E-state index in [0.29, 0.717) is 13.0 Å². The molecule has 0 radical (unpaired) electrons. The predicted molar refractivity (Wildman–Crippen MR) is 111 cm³/mol. The van der Waals surface area contributed by atoms with Crippen LogP contribution in [0.25, 0.3) is 10.9 Å². The molecule has 150 valence electrons. The van der Waals surface area contributed by atoms with Gasteiger partial charge in [-0.15, -0.1) is 0 Å². The van der Waals surface area contributed by atoms with Gasteiger partial charge in [0, 0.05) is 50.2 Å². The van der Waals surface area contributed by atoms with E-state index in [0.717, 1.165) is 37.1 Å². The Balaban J connectivity index is 1.19. The third-order valence-electron chi connectivity index (χ3n) is 5.15. The molecule has 2 heterocycles. The first-order valence-corrected chi connectivity index (χ1v) is 9.75. The van der Waals surface area contributed by atoms with Crippen LogP contribution < -0.4 is 15.8 Å². The van der Waals surface area contributed by atoms with Crippen molar-refractivity contribution in [2.24, 2.45) is 0 Å². The van der Waals surface area contributed by atoms with Crippen molar-refractivity contribution in [1.82, 2.24) is 25.9 Å². The number of nitrogens with one attached hydrogen (secondary N) is 3. The number of para-hydroxylation sites is 2. The lowest BCUT2D eigenvalue weighted by molar-refractivity contribution is -0.122. The van der Waals surface area contributed by atoms with Crippen LogP contribution in [0, 0.1) is 0 Å². The Morgan fingerprint density at radius 2 is 1.66 bits per heavy atom. The van der Waals surface area contributed by atoms with Gasteiger partial charge in [0.15, 0.2) is 5.69 Å². The van der Waals surface area contributed by atoms with Gasteiger partial charge in [0.2, 0.25) is 5.91 Å². The summed E-state index contributed by atoms with van der Waals surface area (Å²) in [6.45, 7) is 4.36. The molecule has 1 fully saturated rings. The predicted octanol–water partition coefficient (Wildman–Crippen LogP) is 1.54. The first-order valence-electron chi connectivity index (χ1n) is 9.75. The third-order valence-corrected chi connectivity index (χ3v) is 5.15. The summed E-state index contributed by atoms with van der Waals surface area (Å²) in [5, 5.41) is 7.55. The fourth-order valence-corrected chi connectivity index (χ4v) is 3.51. The SMILES string of the molecule is O=C(CCN1CCN(c2ccccc2)CC1)NNC(=O)c1n[nH]c2ccccc12. The molecule has 0 saturated carbocycles. The van der Waals surface area contributed by atoms with Crippen molar-refractivity contribution in [1.29, 1.82) is 0 Å². The molecule has 8 heteroatoms. The second-order valence-corrected chi connectivity index (χ2v) is 7.03. The second-order valence-electron chi connectivity index (χ2n) is 7.03. The molecule has 29 heavy (non-hydrogen) atoms. The van der Waals surface area contributed by atoms with E-state index in [4.69, 9.17) is 0 Å². The van der Waals surface area contributed by atoms with Crippen LogP contribution in [0.3, 0.4) is 0 Å². The monoisotopic (exact) mass is 392 g/mol. The van der Waals surface area contributed by atoms with Crippen LogP contribution in [-0.2, 0) is 4.79 Å². The van der Waals surface area contributed by atoms with E-state index in [-0.39, 0.29) is 11.6 Å². The molecule has 0 atom stereocenters. The molecule has 4 rings (SSSR count). The van der Waals surface area contributed by atoms with Crippen molar-refractivity contribution in [3.05, 3.63) is 60.3 Å². The number of carbonyl (C=O) groups excluding carboxylic acids is 2. The summed E-state index contributed by atoms with van der Waals surface area (Å²) in [6.07, 6.45) is 0.326. The Labute approximate surface area is 168 Å². The molecule has 8 nitrogen and oxygen atoms in total. The molecule has 0 unspecified atom stereocenters. The Morgan fingerprint density at radius 1 is 0.931 bits per heavy atom. The first kappa shape index (κ1) is 18.9. The van der Waals surface area contributed by atoms with Crippen LogP contribution in [0.15, 0.2) is 54.6 Å². The smallest absolute Gasteiger partial charge is 0.290 e. The quantitative estimate of drug-likeness (QED) is 0.573. The minimum Gasteiger partial charge on any atom is -0.369 e. The summed E-state index contributed by atoms with van der Waals surface area (Å²) in [5.74, 6) is -0.657. The molecule has 2 aromatic carbocycles. The van der Waals surface area contributed by atoms with Gasteiger partial charge in [-0.1, -0.05) is 36.4 Å². The highest BCUT2D eigenvalue weighted by Crippen LogP contribution is 2.16. The normalized spacial score (nSPS) is 14.7. The molecule has 1 aliphatic rings. The van der Waals surface area contributed by atoms with Crippen LogP contribution >= 0.6 is 0 Å². The largest absolute Gasteiger partial charge is 0.369 e. The van der Waals surface area contributed by atoms with E-state index in [1.165, 1.54) is 5.69 Å². The number of amides is 2. The number of hydrogen-bond acceptors (Lipinski definition) is 5. The number of hydrogen-bond donors (Lipinski definition) is 3. The molecule has 0 bridgehead atoms. The average Bonchev–Trinajstić information content (AvgIpc) is 3.21. The number of aromatic nitrogens is 2. The molecule has 2 amide bonds. The van der Waals surface area contributed by atoms with Gasteiger partial charge in [0.05, 0.1) is 5.52 Å². The fourth-order valence-electron chi connectivity index (χ4n) is 3.51. The van der Waals surface area contributed by atoms with E-state index in [1.807, 2.05) is 42.5 Å². The second kappa shape index (κ2) is 8.74. The van der Waals surface area contributed by atoms with Crippen LogP contribution in [0.5, 0.6) is 0 Å². The van der Waals surface area contributed by atoms with E-state index in [1.54, 1.807) is 0 Å². The minimum atomic E-state index is -0.438. The molecule has 3 aromatic rings. The number of H-pyrrole nitrogens is 1. The molecule has 1 aromatic heterocycles. The molecular formula is C21H24N6O2.